The zero-order valence-corrected chi connectivity index (χ0v) is 10.3. The van der Waals surface area contributed by atoms with Gasteiger partial charge in [-0.2, -0.15) is 13.2 Å². The van der Waals surface area contributed by atoms with Crippen LogP contribution in [0.15, 0.2) is 18.2 Å². The monoisotopic (exact) mass is 275 g/mol. The van der Waals surface area contributed by atoms with Crippen LogP contribution >= 0.6 is 0 Å². The number of fused-ring (bicyclic) bond motifs is 1. The summed E-state index contributed by atoms with van der Waals surface area (Å²) in [5, 5.41) is 2.17. The van der Waals surface area contributed by atoms with E-state index in [-0.39, 0.29) is 18.0 Å². The average molecular weight is 275 g/mol. The summed E-state index contributed by atoms with van der Waals surface area (Å²) in [6.45, 7) is 2.80. The lowest BCUT2D eigenvalue weighted by atomic mass is 10.1. The first-order valence-corrected chi connectivity index (χ1v) is 5.62. The highest BCUT2D eigenvalue weighted by atomic mass is 19.4. The molecule has 1 aromatic rings. The number of aryl methyl sites for hydroxylation is 1. The number of carbonyl (C=O) groups excluding carboxylic acids is 1. The summed E-state index contributed by atoms with van der Waals surface area (Å²) in [4.78, 5) is 11.7. The minimum atomic E-state index is -4.98. The maximum absolute atomic E-state index is 13.1. The first-order valence-electron chi connectivity index (χ1n) is 5.62. The van der Waals surface area contributed by atoms with E-state index < -0.39 is 17.9 Å². The lowest BCUT2D eigenvalue weighted by Gasteiger charge is -2.37. The van der Waals surface area contributed by atoms with Crippen molar-refractivity contribution >= 4 is 11.6 Å². The van der Waals surface area contributed by atoms with Gasteiger partial charge in [-0.05, 0) is 31.5 Å². The molecule has 0 aliphatic carbocycles. The van der Waals surface area contributed by atoms with Gasteiger partial charge in [0, 0.05) is 6.61 Å². The second-order valence-corrected chi connectivity index (χ2v) is 4.10. The number of anilines is 1. The predicted octanol–water partition coefficient (Wildman–Crippen LogP) is 2.62. The quantitative estimate of drug-likeness (QED) is 0.902. The van der Waals surface area contributed by atoms with Crippen LogP contribution in [-0.2, 0) is 9.53 Å². The van der Waals surface area contributed by atoms with Gasteiger partial charge in [-0.1, -0.05) is 6.07 Å². The van der Waals surface area contributed by atoms with Crippen LogP contribution in [0.2, 0.25) is 0 Å². The summed E-state index contributed by atoms with van der Waals surface area (Å²) < 4.78 is 48.7. The minimum absolute atomic E-state index is 0.0732. The van der Waals surface area contributed by atoms with Crippen LogP contribution in [0, 0.1) is 6.92 Å². The van der Waals surface area contributed by atoms with Crippen LogP contribution in [0.4, 0.5) is 18.9 Å². The molecule has 0 radical (unpaired) electrons. The van der Waals surface area contributed by atoms with Gasteiger partial charge in [0.15, 0.2) is 0 Å². The van der Waals surface area contributed by atoms with Crippen LogP contribution in [0.5, 0.6) is 5.75 Å². The molecular formula is C12H12F3NO3. The topological polar surface area (TPSA) is 47.6 Å². The second-order valence-electron chi connectivity index (χ2n) is 4.10. The van der Waals surface area contributed by atoms with Gasteiger partial charge in [0.05, 0.1) is 5.69 Å². The number of benzene rings is 1. The summed E-state index contributed by atoms with van der Waals surface area (Å²) in [5.41, 5.74) is 0.989. The number of alkyl halides is 3. The van der Waals surface area contributed by atoms with Crippen molar-refractivity contribution in [3.63, 3.8) is 0 Å². The Morgan fingerprint density at radius 3 is 2.68 bits per heavy atom. The van der Waals surface area contributed by atoms with E-state index in [4.69, 9.17) is 4.74 Å². The third-order valence-corrected chi connectivity index (χ3v) is 2.66. The Balaban J connectivity index is 2.49. The summed E-state index contributed by atoms with van der Waals surface area (Å²) >= 11 is 0. The molecule has 4 nitrogen and oxygen atoms in total. The molecule has 0 saturated carbocycles. The average Bonchev–Trinajstić information content (AvgIpc) is 2.29. The number of amides is 1. The first kappa shape index (κ1) is 13.7. The smallest absolute Gasteiger partial charge is 0.444 e. The molecule has 1 atom stereocenters. The van der Waals surface area contributed by atoms with Crippen molar-refractivity contribution in [1.82, 2.24) is 0 Å². The molecule has 7 heteroatoms. The van der Waals surface area contributed by atoms with Crippen molar-refractivity contribution < 1.29 is 27.4 Å². The summed E-state index contributed by atoms with van der Waals surface area (Å²) in [7, 11) is 0. The van der Waals surface area contributed by atoms with Gasteiger partial charge in [0.2, 0.25) is 0 Å². The van der Waals surface area contributed by atoms with Crippen LogP contribution in [0.3, 0.4) is 0 Å². The van der Waals surface area contributed by atoms with E-state index >= 15 is 0 Å². The van der Waals surface area contributed by atoms with Crippen molar-refractivity contribution in [3.8, 4) is 5.75 Å². The third kappa shape index (κ3) is 2.14. The molecule has 0 fully saturated rings. The molecular weight excluding hydrogens is 263 g/mol. The summed E-state index contributed by atoms with van der Waals surface area (Å²) in [6.07, 6.45) is -4.98. The molecule has 1 heterocycles. The molecule has 1 amide bonds. The van der Waals surface area contributed by atoms with E-state index in [1.807, 2.05) is 0 Å². The normalized spacial score (nSPS) is 22.5. The molecule has 1 unspecified atom stereocenters. The number of halogens is 3. The molecule has 1 aliphatic heterocycles. The van der Waals surface area contributed by atoms with E-state index in [1.54, 1.807) is 13.0 Å². The molecule has 0 bridgehead atoms. The van der Waals surface area contributed by atoms with Crippen LogP contribution in [0.1, 0.15) is 12.5 Å². The SMILES string of the molecule is CCOC1(C(F)(F)F)Oc2ccc(C)cc2NC1=O. The number of rotatable bonds is 2. The summed E-state index contributed by atoms with van der Waals surface area (Å²) in [5.74, 6) is -4.74. The molecule has 2 rings (SSSR count). The predicted molar refractivity (Wildman–Crippen MR) is 60.8 cm³/mol. The highest BCUT2D eigenvalue weighted by Gasteiger charge is 2.66. The summed E-state index contributed by atoms with van der Waals surface area (Å²) in [6, 6.07) is 4.48. The van der Waals surface area contributed by atoms with Crippen molar-refractivity contribution in [3.05, 3.63) is 23.8 Å². The third-order valence-electron chi connectivity index (χ3n) is 2.66. The molecule has 0 aromatic heterocycles. The first-order chi connectivity index (χ1) is 8.80. The Kier molecular flexibility index (Phi) is 3.17. The largest absolute Gasteiger partial charge is 0.466 e. The van der Waals surface area contributed by atoms with Gasteiger partial charge in [-0.15, -0.1) is 0 Å². The maximum Gasteiger partial charge on any atom is 0.466 e. The Labute approximate surface area is 107 Å². The molecule has 19 heavy (non-hydrogen) atoms. The fourth-order valence-corrected chi connectivity index (χ4v) is 1.80. The van der Waals surface area contributed by atoms with Crippen LogP contribution in [-0.4, -0.2) is 24.5 Å². The molecule has 1 N–H and O–H groups in total. The Bertz CT molecular complexity index is 515. The lowest BCUT2D eigenvalue weighted by molar-refractivity contribution is -0.331. The standard InChI is InChI=1S/C12H12F3NO3/c1-3-18-11(12(13,14)15)10(17)16-8-6-7(2)4-5-9(8)19-11/h4-6H,3H2,1-2H3,(H,16,17). The van der Waals surface area contributed by atoms with E-state index in [2.05, 4.69) is 10.1 Å². The van der Waals surface area contributed by atoms with Gasteiger partial charge in [0.25, 0.3) is 0 Å². The van der Waals surface area contributed by atoms with Gasteiger partial charge in [0.1, 0.15) is 5.75 Å². The Morgan fingerprint density at radius 2 is 2.11 bits per heavy atom. The zero-order chi connectivity index (χ0) is 14.3. The van der Waals surface area contributed by atoms with E-state index in [1.165, 1.54) is 19.1 Å². The molecule has 1 aromatic carbocycles. The van der Waals surface area contributed by atoms with Crippen molar-refractivity contribution in [2.24, 2.45) is 0 Å². The highest BCUT2D eigenvalue weighted by molar-refractivity contribution is 6.00. The minimum Gasteiger partial charge on any atom is -0.444 e. The van der Waals surface area contributed by atoms with E-state index in [0.29, 0.717) is 0 Å². The van der Waals surface area contributed by atoms with Gasteiger partial charge >= 0.3 is 17.9 Å². The van der Waals surface area contributed by atoms with Gasteiger partial charge in [-0.3, -0.25) is 4.79 Å². The number of hydrogen-bond acceptors (Lipinski definition) is 3. The van der Waals surface area contributed by atoms with Crippen LogP contribution < -0.4 is 10.1 Å². The number of nitrogens with one attached hydrogen (secondary N) is 1. The van der Waals surface area contributed by atoms with E-state index in [9.17, 15) is 18.0 Å². The molecule has 0 spiro atoms. The van der Waals surface area contributed by atoms with Crippen LogP contribution in [0.25, 0.3) is 0 Å². The fraction of sp³-hybridized carbons (Fsp3) is 0.417. The highest BCUT2D eigenvalue weighted by Crippen LogP contribution is 2.42. The zero-order valence-electron chi connectivity index (χ0n) is 10.3. The van der Waals surface area contributed by atoms with Crippen molar-refractivity contribution in [1.29, 1.82) is 0 Å². The molecule has 0 saturated heterocycles. The Hall–Kier alpha value is -1.76. The van der Waals surface area contributed by atoms with Crippen molar-refractivity contribution in [2.75, 3.05) is 11.9 Å². The Morgan fingerprint density at radius 1 is 1.42 bits per heavy atom. The van der Waals surface area contributed by atoms with Crippen molar-refractivity contribution in [2.45, 2.75) is 25.8 Å². The van der Waals surface area contributed by atoms with Gasteiger partial charge in [-0.25, -0.2) is 0 Å². The lowest BCUT2D eigenvalue weighted by Crippen LogP contribution is -2.62. The number of ether oxygens (including phenoxy) is 2. The molecule has 1 aliphatic rings. The molecule has 104 valence electrons. The van der Waals surface area contributed by atoms with Gasteiger partial charge < -0.3 is 14.8 Å². The maximum atomic E-state index is 13.1. The fourth-order valence-electron chi connectivity index (χ4n) is 1.80. The second kappa shape index (κ2) is 4.41. The van der Waals surface area contributed by atoms with E-state index in [0.717, 1.165) is 5.56 Å². The number of carbonyl (C=O) groups is 1. The number of hydrogen-bond donors (Lipinski definition) is 1.